The van der Waals surface area contributed by atoms with Crippen LogP contribution in [0.15, 0.2) is 23.1 Å². The molecular formula is C12H19NOS. The first kappa shape index (κ1) is 12.4. The van der Waals surface area contributed by atoms with Crippen molar-refractivity contribution in [2.24, 2.45) is 5.73 Å². The fraction of sp³-hybridized carbons (Fsp3) is 0.500. The molecule has 3 heteroatoms. The first-order chi connectivity index (χ1) is 7.31. The number of hydrogen-bond donors (Lipinski definition) is 1. The van der Waals surface area contributed by atoms with Gasteiger partial charge in [0.15, 0.2) is 0 Å². The summed E-state index contributed by atoms with van der Waals surface area (Å²) in [5.74, 6) is 0.979. The van der Waals surface area contributed by atoms with Crippen molar-refractivity contribution in [2.45, 2.75) is 24.2 Å². The maximum atomic E-state index is 5.47. The number of benzene rings is 1. The molecule has 0 fully saturated rings. The van der Waals surface area contributed by atoms with Crippen LogP contribution in [-0.2, 0) is 6.42 Å². The number of unbranched alkanes of at least 4 members (excludes halogenated alkanes) is 1. The van der Waals surface area contributed by atoms with Crippen LogP contribution in [0, 0.1) is 0 Å². The summed E-state index contributed by atoms with van der Waals surface area (Å²) in [5.41, 5.74) is 6.80. The molecule has 0 aliphatic heterocycles. The highest BCUT2D eigenvalue weighted by Gasteiger charge is 2.02. The van der Waals surface area contributed by atoms with Crippen LogP contribution in [0.1, 0.15) is 18.4 Å². The Hall–Kier alpha value is -0.670. The van der Waals surface area contributed by atoms with Crippen molar-refractivity contribution in [1.29, 1.82) is 0 Å². The zero-order valence-corrected chi connectivity index (χ0v) is 10.3. The lowest BCUT2D eigenvalue weighted by atomic mass is 10.1. The van der Waals surface area contributed by atoms with E-state index in [2.05, 4.69) is 24.5 Å². The Morgan fingerprint density at radius 2 is 2.13 bits per heavy atom. The van der Waals surface area contributed by atoms with Gasteiger partial charge in [-0.25, -0.2) is 0 Å². The predicted octanol–water partition coefficient (Wildman–Crippen LogP) is 2.70. The molecule has 1 aromatic rings. The summed E-state index contributed by atoms with van der Waals surface area (Å²) in [6, 6.07) is 6.43. The van der Waals surface area contributed by atoms with E-state index in [9.17, 15) is 0 Å². The van der Waals surface area contributed by atoms with Gasteiger partial charge < -0.3 is 10.5 Å². The van der Waals surface area contributed by atoms with E-state index in [-0.39, 0.29) is 0 Å². The van der Waals surface area contributed by atoms with Crippen molar-refractivity contribution in [3.8, 4) is 5.75 Å². The maximum Gasteiger partial charge on any atom is 0.132 e. The number of nitrogens with two attached hydrogens (primary N) is 1. The second kappa shape index (κ2) is 6.75. The molecule has 15 heavy (non-hydrogen) atoms. The molecule has 0 aliphatic carbocycles. The first-order valence-corrected chi connectivity index (χ1v) is 6.45. The summed E-state index contributed by atoms with van der Waals surface area (Å²) < 4.78 is 5.34. The monoisotopic (exact) mass is 225 g/mol. The fourth-order valence-electron chi connectivity index (χ4n) is 1.51. The third kappa shape index (κ3) is 3.76. The predicted molar refractivity (Wildman–Crippen MR) is 66.8 cm³/mol. The third-order valence-electron chi connectivity index (χ3n) is 2.37. The molecule has 0 spiro atoms. The van der Waals surface area contributed by atoms with Crippen LogP contribution in [0.3, 0.4) is 0 Å². The van der Waals surface area contributed by atoms with Gasteiger partial charge in [-0.05, 0) is 49.8 Å². The van der Waals surface area contributed by atoms with Crippen LogP contribution >= 0.6 is 11.8 Å². The lowest BCUT2D eigenvalue weighted by Gasteiger charge is -2.08. The number of ether oxygens (including phenoxy) is 1. The minimum atomic E-state index is 0.778. The van der Waals surface area contributed by atoms with Crippen molar-refractivity contribution < 1.29 is 4.74 Å². The van der Waals surface area contributed by atoms with Gasteiger partial charge in [-0.1, -0.05) is 6.07 Å². The molecule has 1 aromatic carbocycles. The van der Waals surface area contributed by atoms with E-state index >= 15 is 0 Å². The van der Waals surface area contributed by atoms with E-state index in [4.69, 9.17) is 10.5 Å². The Morgan fingerprint density at radius 1 is 1.33 bits per heavy atom. The molecular weight excluding hydrogens is 206 g/mol. The molecule has 0 amide bonds. The SMILES string of the molecule is COc1cc(CCCCN)ccc1SC. The van der Waals surface area contributed by atoms with Gasteiger partial charge in [-0.2, -0.15) is 0 Å². The van der Waals surface area contributed by atoms with Crippen LogP contribution in [0.25, 0.3) is 0 Å². The smallest absolute Gasteiger partial charge is 0.132 e. The molecule has 0 heterocycles. The summed E-state index contributed by atoms with van der Waals surface area (Å²) in [6.45, 7) is 0.778. The molecule has 0 saturated heterocycles. The Kier molecular flexibility index (Phi) is 5.58. The summed E-state index contributed by atoms with van der Waals surface area (Å²) in [4.78, 5) is 1.19. The average Bonchev–Trinajstić information content (AvgIpc) is 2.29. The lowest BCUT2D eigenvalue weighted by molar-refractivity contribution is 0.404. The average molecular weight is 225 g/mol. The molecule has 0 radical (unpaired) electrons. The number of thioether (sulfide) groups is 1. The minimum Gasteiger partial charge on any atom is -0.496 e. The van der Waals surface area contributed by atoms with Gasteiger partial charge in [0.25, 0.3) is 0 Å². The quantitative estimate of drug-likeness (QED) is 0.597. The highest BCUT2D eigenvalue weighted by molar-refractivity contribution is 7.98. The Morgan fingerprint density at radius 3 is 2.73 bits per heavy atom. The lowest BCUT2D eigenvalue weighted by Crippen LogP contribution is -1.99. The second-order valence-corrected chi connectivity index (χ2v) is 4.28. The summed E-state index contributed by atoms with van der Waals surface area (Å²) in [7, 11) is 1.72. The van der Waals surface area contributed by atoms with Crippen LogP contribution < -0.4 is 10.5 Å². The fourth-order valence-corrected chi connectivity index (χ4v) is 2.06. The molecule has 0 saturated carbocycles. The number of rotatable bonds is 6. The van der Waals surface area contributed by atoms with E-state index < -0.39 is 0 Å². The van der Waals surface area contributed by atoms with Crippen LogP contribution in [0.4, 0.5) is 0 Å². The van der Waals surface area contributed by atoms with Gasteiger partial charge in [0.05, 0.1) is 7.11 Å². The number of aryl methyl sites for hydroxylation is 1. The molecule has 84 valence electrons. The summed E-state index contributed by atoms with van der Waals surface area (Å²) >= 11 is 1.71. The number of hydrogen-bond acceptors (Lipinski definition) is 3. The van der Waals surface area contributed by atoms with Gasteiger partial charge in [-0.3, -0.25) is 0 Å². The van der Waals surface area contributed by atoms with Crippen LogP contribution in [0.2, 0.25) is 0 Å². The van der Waals surface area contributed by atoms with Crippen LogP contribution in [0.5, 0.6) is 5.75 Å². The largest absolute Gasteiger partial charge is 0.496 e. The highest BCUT2D eigenvalue weighted by Crippen LogP contribution is 2.28. The van der Waals surface area contributed by atoms with Crippen molar-refractivity contribution in [3.63, 3.8) is 0 Å². The van der Waals surface area contributed by atoms with E-state index in [1.807, 2.05) is 0 Å². The van der Waals surface area contributed by atoms with Gasteiger partial charge in [0.1, 0.15) is 5.75 Å². The molecule has 0 aromatic heterocycles. The van der Waals surface area contributed by atoms with Crippen molar-refractivity contribution in [1.82, 2.24) is 0 Å². The summed E-state index contributed by atoms with van der Waals surface area (Å²) in [5, 5.41) is 0. The molecule has 2 nitrogen and oxygen atoms in total. The van der Waals surface area contributed by atoms with Gasteiger partial charge in [-0.15, -0.1) is 11.8 Å². The first-order valence-electron chi connectivity index (χ1n) is 5.22. The highest BCUT2D eigenvalue weighted by atomic mass is 32.2. The molecule has 1 rings (SSSR count). The van der Waals surface area contributed by atoms with Crippen molar-refractivity contribution >= 4 is 11.8 Å². The molecule has 0 bridgehead atoms. The normalized spacial score (nSPS) is 10.3. The van der Waals surface area contributed by atoms with Crippen molar-refractivity contribution in [2.75, 3.05) is 19.9 Å². The topological polar surface area (TPSA) is 35.2 Å². The zero-order valence-electron chi connectivity index (χ0n) is 9.45. The van der Waals surface area contributed by atoms with E-state index in [0.29, 0.717) is 0 Å². The molecule has 0 aliphatic rings. The van der Waals surface area contributed by atoms with E-state index in [1.165, 1.54) is 10.5 Å². The Balaban J connectivity index is 2.66. The summed E-state index contributed by atoms with van der Waals surface area (Å²) in [6.07, 6.45) is 5.39. The molecule has 2 N–H and O–H groups in total. The molecule has 0 unspecified atom stereocenters. The molecule has 0 atom stereocenters. The number of methoxy groups -OCH3 is 1. The van der Waals surface area contributed by atoms with Crippen LogP contribution in [-0.4, -0.2) is 19.9 Å². The van der Waals surface area contributed by atoms with Gasteiger partial charge in [0, 0.05) is 4.90 Å². The standard InChI is InChI=1S/C12H19NOS/c1-14-11-9-10(5-3-4-8-13)6-7-12(11)15-2/h6-7,9H,3-5,8,13H2,1-2H3. The van der Waals surface area contributed by atoms with E-state index in [0.717, 1.165) is 31.6 Å². The Bertz CT molecular complexity index is 302. The Labute approximate surface area is 96.2 Å². The minimum absolute atomic E-state index is 0.778. The van der Waals surface area contributed by atoms with Crippen molar-refractivity contribution in [3.05, 3.63) is 23.8 Å². The third-order valence-corrected chi connectivity index (χ3v) is 3.14. The van der Waals surface area contributed by atoms with Gasteiger partial charge in [0.2, 0.25) is 0 Å². The maximum absolute atomic E-state index is 5.47. The zero-order chi connectivity index (χ0) is 11.1. The van der Waals surface area contributed by atoms with E-state index in [1.54, 1.807) is 18.9 Å². The second-order valence-electron chi connectivity index (χ2n) is 3.44. The van der Waals surface area contributed by atoms with Gasteiger partial charge >= 0.3 is 0 Å².